The molecule has 1 aromatic heterocycles. The van der Waals surface area contributed by atoms with Crippen LogP contribution in [0.5, 0.6) is 0 Å². The van der Waals surface area contributed by atoms with Crippen molar-refractivity contribution in [1.29, 1.82) is 0 Å². The fraction of sp³-hybridized carbons (Fsp3) is 0.733. The first kappa shape index (κ1) is 16.0. The molecule has 0 bridgehead atoms. The highest BCUT2D eigenvalue weighted by atomic mass is 16.5. The minimum absolute atomic E-state index is 0.0846. The summed E-state index contributed by atoms with van der Waals surface area (Å²) < 4.78 is 7.46. The molecule has 0 aliphatic carbocycles. The molecule has 1 aliphatic rings. The van der Waals surface area contributed by atoms with Gasteiger partial charge in [0.15, 0.2) is 0 Å². The van der Waals surface area contributed by atoms with E-state index in [-0.39, 0.29) is 12.0 Å². The van der Waals surface area contributed by atoms with Crippen LogP contribution in [0.15, 0.2) is 6.07 Å². The Balaban J connectivity index is 1.97. The summed E-state index contributed by atoms with van der Waals surface area (Å²) in [6.07, 6.45) is 2.85. The van der Waals surface area contributed by atoms with Crippen molar-refractivity contribution in [3.63, 3.8) is 0 Å². The van der Waals surface area contributed by atoms with E-state index in [2.05, 4.69) is 12.0 Å². The van der Waals surface area contributed by atoms with E-state index in [1.165, 1.54) is 0 Å². The summed E-state index contributed by atoms with van der Waals surface area (Å²) >= 11 is 0. The number of aryl methyl sites for hydroxylation is 2. The number of carbonyl (C=O) groups excluding carboxylic acids is 1. The maximum absolute atomic E-state index is 12.6. The van der Waals surface area contributed by atoms with Crippen molar-refractivity contribution in [2.24, 2.45) is 5.73 Å². The van der Waals surface area contributed by atoms with Gasteiger partial charge in [0, 0.05) is 26.2 Å². The van der Waals surface area contributed by atoms with Gasteiger partial charge in [-0.15, -0.1) is 0 Å². The van der Waals surface area contributed by atoms with Gasteiger partial charge in [-0.3, -0.25) is 9.48 Å². The number of likely N-dealkylation sites (tertiary alicyclic amines) is 1. The SMILES string of the molecule is CCc1cc(C(=O)N2CCC(OCCN)CC2)n(CC)n1. The van der Waals surface area contributed by atoms with Gasteiger partial charge in [-0.25, -0.2) is 0 Å². The van der Waals surface area contributed by atoms with Crippen molar-refractivity contribution in [1.82, 2.24) is 14.7 Å². The van der Waals surface area contributed by atoms with Crippen LogP contribution in [0, 0.1) is 0 Å². The van der Waals surface area contributed by atoms with Crippen LogP contribution in [0.4, 0.5) is 0 Å². The Hall–Kier alpha value is -1.40. The fourth-order valence-electron chi connectivity index (χ4n) is 2.68. The van der Waals surface area contributed by atoms with Gasteiger partial charge in [0.2, 0.25) is 0 Å². The molecule has 6 heteroatoms. The van der Waals surface area contributed by atoms with Crippen LogP contribution in [0.25, 0.3) is 0 Å². The Morgan fingerprint density at radius 1 is 1.43 bits per heavy atom. The number of hydrogen-bond acceptors (Lipinski definition) is 4. The highest BCUT2D eigenvalue weighted by Crippen LogP contribution is 2.17. The molecule has 2 heterocycles. The van der Waals surface area contributed by atoms with Gasteiger partial charge in [0.1, 0.15) is 5.69 Å². The molecular weight excluding hydrogens is 268 g/mol. The van der Waals surface area contributed by atoms with Crippen LogP contribution in [-0.2, 0) is 17.7 Å². The van der Waals surface area contributed by atoms with E-state index in [0.29, 0.717) is 18.8 Å². The zero-order chi connectivity index (χ0) is 15.2. The number of aromatic nitrogens is 2. The molecule has 0 radical (unpaired) electrons. The van der Waals surface area contributed by atoms with Crippen LogP contribution < -0.4 is 5.73 Å². The molecule has 1 aromatic rings. The Morgan fingerprint density at radius 3 is 2.71 bits per heavy atom. The Kier molecular flexibility index (Phi) is 5.76. The first-order valence-corrected chi connectivity index (χ1v) is 7.87. The Bertz CT molecular complexity index is 464. The third-order valence-corrected chi connectivity index (χ3v) is 3.91. The monoisotopic (exact) mass is 294 g/mol. The van der Waals surface area contributed by atoms with E-state index in [0.717, 1.165) is 44.6 Å². The summed E-state index contributed by atoms with van der Waals surface area (Å²) in [7, 11) is 0. The van der Waals surface area contributed by atoms with Crippen LogP contribution in [0.1, 0.15) is 42.9 Å². The smallest absolute Gasteiger partial charge is 0.272 e. The molecule has 0 unspecified atom stereocenters. The predicted octanol–water partition coefficient (Wildman–Crippen LogP) is 1.05. The maximum Gasteiger partial charge on any atom is 0.272 e. The number of hydrogen-bond donors (Lipinski definition) is 1. The predicted molar refractivity (Wildman–Crippen MR) is 81.2 cm³/mol. The second-order valence-corrected chi connectivity index (χ2v) is 5.34. The lowest BCUT2D eigenvalue weighted by Gasteiger charge is -2.31. The normalized spacial score (nSPS) is 16.4. The number of ether oxygens (including phenoxy) is 1. The molecule has 1 saturated heterocycles. The van der Waals surface area contributed by atoms with Crippen LogP contribution in [0.2, 0.25) is 0 Å². The van der Waals surface area contributed by atoms with Gasteiger partial charge in [-0.1, -0.05) is 6.92 Å². The molecule has 2 rings (SSSR count). The zero-order valence-electron chi connectivity index (χ0n) is 13.0. The molecule has 0 saturated carbocycles. The average Bonchev–Trinajstić information content (AvgIpc) is 2.96. The van der Waals surface area contributed by atoms with Crippen molar-refractivity contribution in [2.45, 2.75) is 45.8 Å². The van der Waals surface area contributed by atoms with E-state index < -0.39 is 0 Å². The number of nitrogens with zero attached hydrogens (tertiary/aromatic N) is 3. The second-order valence-electron chi connectivity index (χ2n) is 5.34. The standard InChI is InChI=1S/C15H26N4O2/c1-3-12-11-14(19(4-2)17-12)15(20)18-8-5-13(6-9-18)21-10-7-16/h11,13H,3-10,16H2,1-2H3. The Labute approximate surface area is 126 Å². The molecule has 1 fully saturated rings. The largest absolute Gasteiger partial charge is 0.377 e. The summed E-state index contributed by atoms with van der Waals surface area (Å²) in [5, 5.41) is 4.45. The average molecular weight is 294 g/mol. The summed E-state index contributed by atoms with van der Waals surface area (Å²) in [6, 6.07) is 1.92. The Morgan fingerprint density at radius 2 is 2.14 bits per heavy atom. The summed E-state index contributed by atoms with van der Waals surface area (Å²) in [5.74, 6) is 0.0846. The first-order chi connectivity index (χ1) is 10.2. The minimum Gasteiger partial charge on any atom is -0.377 e. The summed E-state index contributed by atoms with van der Waals surface area (Å²) in [6.45, 7) is 7.41. The third kappa shape index (κ3) is 3.83. The van der Waals surface area contributed by atoms with E-state index in [1.54, 1.807) is 4.68 Å². The fourth-order valence-corrected chi connectivity index (χ4v) is 2.68. The quantitative estimate of drug-likeness (QED) is 0.851. The van der Waals surface area contributed by atoms with E-state index in [9.17, 15) is 4.79 Å². The molecule has 118 valence electrons. The molecule has 1 amide bonds. The van der Waals surface area contributed by atoms with Crippen LogP contribution in [0.3, 0.4) is 0 Å². The third-order valence-electron chi connectivity index (χ3n) is 3.91. The number of piperidine rings is 1. The van der Waals surface area contributed by atoms with Crippen molar-refractivity contribution < 1.29 is 9.53 Å². The molecule has 1 aliphatic heterocycles. The minimum atomic E-state index is 0.0846. The molecule has 2 N–H and O–H groups in total. The van der Waals surface area contributed by atoms with Gasteiger partial charge in [0.25, 0.3) is 5.91 Å². The highest BCUT2D eigenvalue weighted by Gasteiger charge is 2.26. The number of carbonyl (C=O) groups is 1. The lowest BCUT2D eigenvalue weighted by atomic mass is 10.1. The van der Waals surface area contributed by atoms with E-state index in [1.807, 2.05) is 17.9 Å². The van der Waals surface area contributed by atoms with Gasteiger partial charge in [-0.05, 0) is 32.3 Å². The van der Waals surface area contributed by atoms with E-state index >= 15 is 0 Å². The van der Waals surface area contributed by atoms with Gasteiger partial charge < -0.3 is 15.4 Å². The first-order valence-electron chi connectivity index (χ1n) is 7.87. The lowest BCUT2D eigenvalue weighted by molar-refractivity contribution is 0.0118. The number of rotatable bonds is 6. The van der Waals surface area contributed by atoms with Crippen LogP contribution >= 0.6 is 0 Å². The van der Waals surface area contributed by atoms with Gasteiger partial charge in [-0.2, -0.15) is 5.10 Å². The van der Waals surface area contributed by atoms with Crippen molar-refractivity contribution in [2.75, 3.05) is 26.2 Å². The topological polar surface area (TPSA) is 73.4 Å². The number of amides is 1. The lowest BCUT2D eigenvalue weighted by Crippen LogP contribution is -2.42. The molecule has 0 aromatic carbocycles. The van der Waals surface area contributed by atoms with Gasteiger partial charge >= 0.3 is 0 Å². The molecule has 0 atom stereocenters. The summed E-state index contributed by atoms with van der Waals surface area (Å²) in [5.41, 5.74) is 7.12. The molecule has 0 spiro atoms. The molecular formula is C15H26N4O2. The zero-order valence-corrected chi connectivity index (χ0v) is 13.0. The van der Waals surface area contributed by atoms with Crippen molar-refractivity contribution in [3.05, 3.63) is 17.5 Å². The summed E-state index contributed by atoms with van der Waals surface area (Å²) in [4.78, 5) is 14.5. The number of nitrogens with two attached hydrogens (primary N) is 1. The highest BCUT2D eigenvalue weighted by molar-refractivity contribution is 5.92. The van der Waals surface area contributed by atoms with Crippen LogP contribution in [-0.4, -0.2) is 52.9 Å². The van der Waals surface area contributed by atoms with Crippen molar-refractivity contribution >= 4 is 5.91 Å². The second kappa shape index (κ2) is 7.56. The maximum atomic E-state index is 12.6. The molecule has 6 nitrogen and oxygen atoms in total. The van der Waals surface area contributed by atoms with Crippen molar-refractivity contribution in [3.8, 4) is 0 Å². The van der Waals surface area contributed by atoms with Gasteiger partial charge in [0.05, 0.1) is 18.4 Å². The van der Waals surface area contributed by atoms with E-state index in [4.69, 9.17) is 10.5 Å². The molecule has 21 heavy (non-hydrogen) atoms.